The first kappa shape index (κ1) is 17.0. The van der Waals surface area contributed by atoms with Gasteiger partial charge in [0.2, 0.25) is 5.91 Å². The molecule has 0 aromatic heterocycles. The van der Waals surface area contributed by atoms with Crippen LogP contribution in [0.2, 0.25) is 0 Å². The average Bonchev–Trinajstić information content (AvgIpc) is 2.40. The Kier molecular flexibility index (Phi) is 8.32. The van der Waals surface area contributed by atoms with Crippen LogP contribution in [0.4, 0.5) is 0 Å². The van der Waals surface area contributed by atoms with E-state index >= 15 is 0 Å². The van der Waals surface area contributed by atoms with Crippen molar-refractivity contribution in [1.82, 2.24) is 5.32 Å². The third-order valence-electron chi connectivity index (χ3n) is 2.22. The van der Waals surface area contributed by atoms with Crippen molar-refractivity contribution in [2.75, 3.05) is 25.5 Å². The Morgan fingerprint density at radius 1 is 1.35 bits per heavy atom. The van der Waals surface area contributed by atoms with Gasteiger partial charge in [-0.1, -0.05) is 12.1 Å². The molecule has 1 rings (SSSR count). The molecule has 2 N–H and O–H groups in total. The lowest BCUT2D eigenvalue weighted by atomic mass is 10.4. The predicted molar refractivity (Wildman–Crippen MR) is 80.9 cm³/mol. The summed E-state index contributed by atoms with van der Waals surface area (Å²) in [6, 6.07) is 7.85. The summed E-state index contributed by atoms with van der Waals surface area (Å²) in [4.78, 5) is 22.8. The molecule has 0 saturated heterocycles. The van der Waals surface area contributed by atoms with Crippen LogP contribution in [0, 0.1) is 0 Å². The summed E-state index contributed by atoms with van der Waals surface area (Å²) in [6.07, 6.45) is 0.408. The maximum atomic E-state index is 11.5. The number of ether oxygens (including phenoxy) is 1. The number of carbonyl (C=O) groups is 2. The Balaban J connectivity index is 2.09. The highest BCUT2D eigenvalue weighted by atomic mass is 79.9. The number of aliphatic carboxylic acids is 1. The minimum atomic E-state index is -1.01. The van der Waals surface area contributed by atoms with Crippen LogP contribution >= 0.6 is 27.7 Å². The van der Waals surface area contributed by atoms with Crippen LogP contribution in [0.25, 0.3) is 0 Å². The molecule has 0 radical (unpaired) electrons. The van der Waals surface area contributed by atoms with E-state index in [9.17, 15) is 9.59 Å². The Hall–Kier alpha value is -1.05. The van der Waals surface area contributed by atoms with Gasteiger partial charge in [-0.3, -0.25) is 4.79 Å². The van der Waals surface area contributed by atoms with Gasteiger partial charge in [0, 0.05) is 28.1 Å². The largest absolute Gasteiger partial charge is 0.480 e. The molecule has 0 fully saturated rings. The number of nitrogens with one attached hydrogen (secondary N) is 1. The Morgan fingerprint density at radius 2 is 2.10 bits per heavy atom. The predicted octanol–water partition coefficient (Wildman–Crippen LogP) is 2.15. The Morgan fingerprint density at radius 3 is 2.80 bits per heavy atom. The fourth-order valence-corrected chi connectivity index (χ4v) is 2.84. The van der Waals surface area contributed by atoms with Crippen LogP contribution in [-0.4, -0.2) is 42.5 Å². The van der Waals surface area contributed by atoms with Gasteiger partial charge in [-0.05, 0) is 28.1 Å². The van der Waals surface area contributed by atoms with Gasteiger partial charge in [0.15, 0.2) is 0 Å². The molecule has 0 unspecified atom stereocenters. The molecule has 1 amide bonds. The number of thioether (sulfide) groups is 1. The van der Waals surface area contributed by atoms with Crippen LogP contribution in [0.5, 0.6) is 0 Å². The molecule has 5 nitrogen and oxygen atoms in total. The molecule has 0 aliphatic heterocycles. The second-order valence-electron chi connectivity index (χ2n) is 3.83. The molecular weight excluding hydrogens is 346 g/mol. The molecule has 0 aliphatic rings. The van der Waals surface area contributed by atoms with E-state index in [0.717, 1.165) is 9.37 Å². The van der Waals surface area contributed by atoms with Crippen molar-refractivity contribution in [3.8, 4) is 0 Å². The number of rotatable bonds is 9. The smallest absolute Gasteiger partial charge is 0.329 e. The summed E-state index contributed by atoms with van der Waals surface area (Å²) < 4.78 is 5.83. The Bertz CT molecular complexity index is 456. The third-order valence-corrected chi connectivity index (χ3v) is 4.25. The molecule has 20 heavy (non-hydrogen) atoms. The number of carbonyl (C=O) groups excluding carboxylic acids is 1. The van der Waals surface area contributed by atoms with Crippen molar-refractivity contribution >= 4 is 39.6 Å². The number of hydrogen-bond donors (Lipinski definition) is 2. The highest BCUT2D eigenvalue weighted by molar-refractivity contribution is 9.10. The first-order chi connectivity index (χ1) is 9.59. The van der Waals surface area contributed by atoms with Crippen molar-refractivity contribution < 1.29 is 19.4 Å². The van der Waals surface area contributed by atoms with Crippen LogP contribution in [0.15, 0.2) is 33.6 Å². The van der Waals surface area contributed by atoms with Crippen LogP contribution in [0.3, 0.4) is 0 Å². The molecule has 0 atom stereocenters. The van der Waals surface area contributed by atoms with Gasteiger partial charge < -0.3 is 15.2 Å². The first-order valence-corrected chi connectivity index (χ1v) is 7.81. The minimum absolute atomic E-state index is 0.0662. The summed E-state index contributed by atoms with van der Waals surface area (Å²) in [5.74, 6) is -0.394. The quantitative estimate of drug-likeness (QED) is 0.520. The molecule has 0 bridgehead atoms. The van der Waals surface area contributed by atoms with E-state index in [1.807, 2.05) is 24.3 Å². The molecule has 7 heteroatoms. The summed E-state index contributed by atoms with van der Waals surface area (Å²) >= 11 is 5.05. The van der Waals surface area contributed by atoms with Gasteiger partial charge in [0.1, 0.15) is 6.61 Å². The number of benzene rings is 1. The van der Waals surface area contributed by atoms with Crippen molar-refractivity contribution in [3.63, 3.8) is 0 Å². The van der Waals surface area contributed by atoms with Gasteiger partial charge in [-0.15, -0.1) is 11.8 Å². The highest BCUT2D eigenvalue weighted by Crippen LogP contribution is 2.27. The zero-order valence-corrected chi connectivity index (χ0v) is 13.2. The maximum Gasteiger partial charge on any atom is 0.329 e. The normalized spacial score (nSPS) is 10.2. The molecule has 1 aromatic rings. The zero-order chi connectivity index (χ0) is 14.8. The fourth-order valence-electron chi connectivity index (χ4n) is 1.33. The monoisotopic (exact) mass is 361 g/mol. The summed E-state index contributed by atoms with van der Waals surface area (Å²) in [5.41, 5.74) is 0. The number of halogens is 1. The number of amides is 1. The minimum Gasteiger partial charge on any atom is -0.480 e. The first-order valence-electron chi connectivity index (χ1n) is 6.03. The van der Waals surface area contributed by atoms with Gasteiger partial charge in [0.25, 0.3) is 0 Å². The van der Waals surface area contributed by atoms with E-state index in [2.05, 4.69) is 21.2 Å². The third kappa shape index (κ3) is 7.52. The molecule has 0 heterocycles. The summed E-state index contributed by atoms with van der Waals surface area (Å²) in [7, 11) is 0. The average molecular weight is 362 g/mol. The second kappa shape index (κ2) is 9.79. The topological polar surface area (TPSA) is 75.6 Å². The maximum absolute atomic E-state index is 11.5. The fraction of sp³-hybridized carbons (Fsp3) is 0.385. The van der Waals surface area contributed by atoms with Crippen LogP contribution in [0.1, 0.15) is 6.42 Å². The molecule has 0 saturated carbocycles. The standard InChI is InChI=1S/C13H16BrNO4S/c14-10-3-1-2-4-11(10)20-8-5-12(16)15-6-7-19-9-13(17)18/h1-4H,5-9H2,(H,15,16)(H,17,18). The number of carboxylic acid groups (broad SMARTS) is 1. The number of hydrogen-bond acceptors (Lipinski definition) is 4. The van der Waals surface area contributed by atoms with Gasteiger partial charge in [0.05, 0.1) is 6.61 Å². The van der Waals surface area contributed by atoms with E-state index < -0.39 is 5.97 Å². The van der Waals surface area contributed by atoms with Gasteiger partial charge >= 0.3 is 5.97 Å². The van der Waals surface area contributed by atoms with E-state index in [1.54, 1.807) is 11.8 Å². The number of carboxylic acids is 1. The molecule has 0 aliphatic carbocycles. The lowest BCUT2D eigenvalue weighted by Gasteiger charge is -2.06. The van der Waals surface area contributed by atoms with Crippen LogP contribution < -0.4 is 5.32 Å². The molecule has 0 spiro atoms. The van der Waals surface area contributed by atoms with E-state index in [1.165, 1.54) is 0 Å². The Labute approximate surface area is 130 Å². The van der Waals surface area contributed by atoms with E-state index in [4.69, 9.17) is 9.84 Å². The SMILES string of the molecule is O=C(O)COCCNC(=O)CCSc1ccccc1Br. The molecule has 110 valence electrons. The lowest BCUT2D eigenvalue weighted by Crippen LogP contribution is -2.28. The van der Waals surface area contributed by atoms with Crippen molar-refractivity contribution in [2.24, 2.45) is 0 Å². The second-order valence-corrected chi connectivity index (χ2v) is 5.82. The van der Waals surface area contributed by atoms with Crippen molar-refractivity contribution in [1.29, 1.82) is 0 Å². The lowest BCUT2D eigenvalue weighted by molar-refractivity contribution is -0.142. The van der Waals surface area contributed by atoms with Crippen LogP contribution in [-0.2, 0) is 14.3 Å². The zero-order valence-electron chi connectivity index (χ0n) is 10.8. The van der Waals surface area contributed by atoms with Gasteiger partial charge in [-0.25, -0.2) is 4.79 Å². The van der Waals surface area contributed by atoms with E-state index in [-0.39, 0.29) is 19.1 Å². The van der Waals surface area contributed by atoms with Crippen molar-refractivity contribution in [2.45, 2.75) is 11.3 Å². The van der Waals surface area contributed by atoms with E-state index in [0.29, 0.717) is 18.7 Å². The summed E-state index contributed by atoms with van der Waals surface area (Å²) in [5, 5.41) is 11.0. The molecule has 1 aromatic carbocycles. The summed E-state index contributed by atoms with van der Waals surface area (Å²) in [6.45, 7) is 0.189. The van der Waals surface area contributed by atoms with Gasteiger partial charge in [-0.2, -0.15) is 0 Å². The molecular formula is C13H16BrNO4S. The highest BCUT2D eigenvalue weighted by Gasteiger charge is 2.04. The van der Waals surface area contributed by atoms with Crippen molar-refractivity contribution in [3.05, 3.63) is 28.7 Å².